The standard InChI is InChI=1S/C19H22N4O2/c1-15(24)22(16-9-4-2-5-10-16)19(25)23(17-11-6-3-7-12-17)18-20-13-8-14-21-18/h3,6-8,11-14,16H,2,4-5,9-10H2,1H3. The van der Waals surface area contributed by atoms with E-state index in [0.717, 1.165) is 32.1 Å². The minimum absolute atomic E-state index is 0.0614. The maximum Gasteiger partial charge on any atom is 0.338 e. The molecule has 1 aliphatic rings. The summed E-state index contributed by atoms with van der Waals surface area (Å²) in [7, 11) is 0. The number of amides is 3. The second kappa shape index (κ2) is 7.88. The van der Waals surface area contributed by atoms with Crippen molar-refractivity contribution in [2.45, 2.75) is 45.1 Å². The maximum atomic E-state index is 13.3. The van der Waals surface area contributed by atoms with Crippen LogP contribution in [-0.2, 0) is 4.79 Å². The van der Waals surface area contributed by atoms with Crippen LogP contribution in [0.2, 0.25) is 0 Å². The first-order valence-corrected chi connectivity index (χ1v) is 8.64. The number of carbonyl (C=O) groups excluding carboxylic acids is 2. The van der Waals surface area contributed by atoms with Gasteiger partial charge in [0.1, 0.15) is 0 Å². The number of imide groups is 1. The summed E-state index contributed by atoms with van der Waals surface area (Å²) >= 11 is 0. The van der Waals surface area contributed by atoms with Crippen molar-refractivity contribution in [1.82, 2.24) is 14.9 Å². The van der Waals surface area contributed by atoms with Gasteiger partial charge in [-0.2, -0.15) is 0 Å². The zero-order chi connectivity index (χ0) is 17.6. The fourth-order valence-electron chi connectivity index (χ4n) is 3.29. The molecular formula is C19H22N4O2. The van der Waals surface area contributed by atoms with Crippen molar-refractivity contribution in [3.05, 3.63) is 48.8 Å². The number of nitrogens with zero attached hydrogens (tertiary/aromatic N) is 4. The van der Waals surface area contributed by atoms with Gasteiger partial charge in [-0.3, -0.25) is 9.69 Å². The largest absolute Gasteiger partial charge is 0.338 e. The number of urea groups is 1. The molecule has 0 aliphatic heterocycles. The van der Waals surface area contributed by atoms with E-state index in [4.69, 9.17) is 0 Å². The number of anilines is 2. The van der Waals surface area contributed by atoms with Crippen LogP contribution in [0.5, 0.6) is 0 Å². The normalized spacial score (nSPS) is 14.8. The highest BCUT2D eigenvalue weighted by Crippen LogP contribution is 2.28. The van der Waals surface area contributed by atoms with E-state index in [0.29, 0.717) is 5.69 Å². The van der Waals surface area contributed by atoms with Gasteiger partial charge in [0.05, 0.1) is 5.69 Å². The van der Waals surface area contributed by atoms with Gasteiger partial charge >= 0.3 is 6.03 Å². The van der Waals surface area contributed by atoms with Crippen LogP contribution in [-0.4, -0.2) is 32.8 Å². The van der Waals surface area contributed by atoms with E-state index in [1.807, 2.05) is 30.3 Å². The molecule has 0 N–H and O–H groups in total. The molecule has 3 amide bonds. The molecular weight excluding hydrogens is 316 g/mol. The smallest absolute Gasteiger partial charge is 0.275 e. The second-order valence-corrected chi connectivity index (χ2v) is 6.18. The molecule has 25 heavy (non-hydrogen) atoms. The molecule has 0 saturated heterocycles. The zero-order valence-corrected chi connectivity index (χ0v) is 14.3. The third kappa shape index (κ3) is 3.84. The van der Waals surface area contributed by atoms with Crippen LogP contribution in [0.15, 0.2) is 48.8 Å². The van der Waals surface area contributed by atoms with Gasteiger partial charge in [-0.15, -0.1) is 0 Å². The van der Waals surface area contributed by atoms with Crippen LogP contribution in [0.3, 0.4) is 0 Å². The average molecular weight is 338 g/mol. The summed E-state index contributed by atoms with van der Waals surface area (Å²) in [6, 6.07) is 10.4. The first-order valence-electron chi connectivity index (χ1n) is 8.64. The van der Waals surface area contributed by atoms with Gasteiger partial charge in [0.15, 0.2) is 0 Å². The van der Waals surface area contributed by atoms with Gasteiger partial charge in [0.2, 0.25) is 11.9 Å². The Morgan fingerprint density at radius 2 is 1.60 bits per heavy atom. The number of hydrogen-bond donors (Lipinski definition) is 0. The van der Waals surface area contributed by atoms with E-state index in [-0.39, 0.29) is 17.9 Å². The SMILES string of the molecule is CC(=O)N(C(=O)N(c1ccccc1)c1ncccn1)C1CCCCC1. The van der Waals surface area contributed by atoms with Crippen LogP contribution in [0.1, 0.15) is 39.0 Å². The molecule has 6 nitrogen and oxygen atoms in total. The van der Waals surface area contributed by atoms with Crippen molar-refractivity contribution in [2.75, 3.05) is 4.90 Å². The molecule has 1 fully saturated rings. The van der Waals surface area contributed by atoms with Crippen LogP contribution < -0.4 is 4.90 Å². The Morgan fingerprint density at radius 1 is 0.960 bits per heavy atom. The van der Waals surface area contributed by atoms with Crippen LogP contribution in [0.25, 0.3) is 0 Å². The Morgan fingerprint density at radius 3 is 2.20 bits per heavy atom. The fraction of sp³-hybridized carbons (Fsp3) is 0.368. The third-order valence-corrected chi connectivity index (χ3v) is 4.44. The summed E-state index contributed by atoms with van der Waals surface area (Å²) in [5, 5.41) is 0. The van der Waals surface area contributed by atoms with Gasteiger partial charge in [-0.1, -0.05) is 37.5 Å². The number of benzene rings is 1. The molecule has 0 bridgehead atoms. The molecule has 2 aromatic rings. The van der Waals surface area contributed by atoms with Crippen LogP contribution in [0.4, 0.5) is 16.4 Å². The number of carbonyl (C=O) groups is 2. The minimum Gasteiger partial charge on any atom is -0.275 e. The molecule has 0 spiro atoms. The van der Waals surface area contributed by atoms with Crippen molar-refractivity contribution in [3.63, 3.8) is 0 Å². The highest BCUT2D eigenvalue weighted by molar-refractivity contribution is 6.05. The Balaban J connectivity index is 1.99. The molecule has 0 radical (unpaired) electrons. The third-order valence-electron chi connectivity index (χ3n) is 4.44. The van der Waals surface area contributed by atoms with E-state index in [9.17, 15) is 9.59 Å². The predicted octanol–water partition coefficient (Wildman–Crippen LogP) is 3.92. The highest BCUT2D eigenvalue weighted by atomic mass is 16.2. The van der Waals surface area contributed by atoms with Crippen molar-refractivity contribution < 1.29 is 9.59 Å². The van der Waals surface area contributed by atoms with Gasteiger partial charge in [-0.05, 0) is 31.0 Å². The predicted molar refractivity (Wildman–Crippen MR) is 95.4 cm³/mol. The fourth-order valence-corrected chi connectivity index (χ4v) is 3.29. The van der Waals surface area contributed by atoms with Crippen LogP contribution >= 0.6 is 0 Å². The Hall–Kier alpha value is -2.76. The number of para-hydroxylation sites is 1. The summed E-state index contributed by atoms with van der Waals surface area (Å²) in [6.07, 6.45) is 8.10. The summed E-state index contributed by atoms with van der Waals surface area (Å²) in [4.78, 5) is 36.9. The summed E-state index contributed by atoms with van der Waals surface area (Å²) in [5.41, 5.74) is 0.640. The number of hydrogen-bond acceptors (Lipinski definition) is 4. The van der Waals surface area contributed by atoms with Gasteiger partial charge < -0.3 is 0 Å². The quantitative estimate of drug-likeness (QED) is 0.851. The second-order valence-electron chi connectivity index (χ2n) is 6.18. The van der Waals surface area contributed by atoms with Gasteiger partial charge in [0.25, 0.3) is 0 Å². The van der Waals surface area contributed by atoms with Crippen molar-refractivity contribution in [3.8, 4) is 0 Å². The van der Waals surface area contributed by atoms with Crippen molar-refractivity contribution >= 4 is 23.6 Å². The lowest BCUT2D eigenvalue weighted by Gasteiger charge is -2.35. The molecule has 1 heterocycles. The lowest BCUT2D eigenvalue weighted by Crippen LogP contribution is -2.50. The number of rotatable bonds is 3. The molecule has 1 aliphatic carbocycles. The molecule has 3 rings (SSSR count). The Bertz CT molecular complexity index is 675. The van der Waals surface area contributed by atoms with E-state index < -0.39 is 6.03 Å². The highest BCUT2D eigenvalue weighted by Gasteiger charge is 2.34. The van der Waals surface area contributed by atoms with Crippen LogP contribution in [0, 0.1) is 0 Å². The zero-order valence-electron chi connectivity index (χ0n) is 14.3. The first-order chi connectivity index (χ1) is 12.2. The van der Waals surface area contributed by atoms with Gasteiger partial charge in [-0.25, -0.2) is 19.7 Å². The molecule has 1 saturated carbocycles. The molecule has 130 valence electrons. The van der Waals surface area contributed by atoms with E-state index in [1.54, 1.807) is 18.5 Å². The monoisotopic (exact) mass is 338 g/mol. The molecule has 1 aromatic carbocycles. The van der Waals surface area contributed by atoms with Crippen molar-refractivity contribution in [1.29, 1.82) is 0 Å². The Labute approximate surface area is 147 Å². The molecule has 6 heteroatoms. The van der Waals surface area contributed by atoms with Gasteiger partial charge in [0, 0.05) is 25.4 Å². The topological polar surface area (TPSA) is 66.4 Å². The van der Waals surface area contributed by atoms with E-state index in [1.165, 1.54) is 16.7 Å². The Kier molecular flexibility index (Phi) is 5.38. The summed E-state index contributed by atoms with van der Waals surface area (Å²) in [6.45, 7) is 1.45. The number of aromatic nitrogens is 2. The minimum atomic E-state index is -0.392. The molecule has 0 unspecified atom stereocenters. The summed E-state index contributed by atoms with van der Waals surface area (Å²) in [5.74, 6) is 0.0227. The lowest BCUT2D eigenvalue weighted by atomic mass is 9.94. The first kappa shape index (κ1) is 17.1. The van der Waals surface area contributed by atoms with Crippen molar-refractivity contribution in [2.24, 2.45) is 0 Å². The molecule has 1 aromatic heterocycles. The maximum absolute atomic E-state index is 13.3. The average Bonchev–Trinajstić information content (AvgIpc) is 2.64. The lowest BCUT2D eigenvalue weighted by molar-refractivity contribution is -0.128. The summed E-state index contributed by atoms with van der Waals surface area (Å²) < 4.78 is 0. The van der Waals surface area contributed by atoms with E-state index >= 15 is 0 Å². The van der Waals surface area contributed by atoms with E-state index in [2.05, 4.69) is 9.97 Å². The molecule has 0 atom stereocenters.